The molecule has 0 spiro atoms. The highest BCUT2D eigenvalue weighted by Gasteiger charge is 2.18. The van der Waals surface area contributed by atoms with Gasteiger partial charge in [-0.1, -0.05) is 59.2 Å². The van der Waals surface area contributed by atoms with Crippen LogP contribution in [-0.4, -0.2) is 10.2 Å². The van der Waals surface area contributed by atoms with Crippen LogP contribution in [-0.2, 0) is 5.41 Å². The standard InChI is InChI=1S/C20H27O2P/c1-12-7-8-17(16(9-12)14(3)21)23-18-11-15(20(4,5)6)10-13(2)19(18)22/h7-11,14,21-23H,1-6H3. The van der Waals surface area contributed by atoms with Gasteiger partial charge >= 0.3 is 0 Å². The van der Waals surface area contributed by atoms with Gasteiger partial charge < -0.3 is 10.2 Å². The van der Waals surface area contributed by atoms with E-state index in [2.05, 4.69) is 45.0 Å². The van der Waals surface area contributed by atoms with Crippen LogP contribution in [0.5, 0.6) is 5.75 Å². The summed E-state index contributed by atoms with van der Waals surface area (Å²) in [6, 6.07) is 10.3. The maximum absolute atomic E-state index is 10.5. The van der Waals surface area contributed by atoms with E-state index < -0.39 is 6.10 Å². The topological polar surface area (TPSA) is 40.5 Å². The van der Waals surface area contributed by atoms with E-state index in [1.807, 2.05) is 19.9 Å². The Bertz CT molecular complexity index is 712. The molecule has 2 rings (SSSR count). The Morgan fingerprint density at radius 2 is 1.65 bits per heavy atom. The van der Waals surface area contributed by atoms with E-state index >= 15 is 0 Å². The summed E-state index contributed by atoms with van der Waals surface area (Å²) in [5, 5.41) is 22.6. The zero-order chi connectivity index (χ0) is 17.4. The number of phenols is 1. The molecule has 0 aromatic heterocycles. The number of benzene rings is 2. The Kier molecular flexibility index (Phi) is 5.18. The second kappa shape index (κ2) is 6.63. The van der Waals surface area contributed by atoms with E-state index in [4.69, 9.17) is 0 Å². The van der Waals surface area contributed by atoms with Gasteiger partial charge in [-0.25, -0.2) is 0 Å². The molecule has 0 radical (unpaired) electrons. The van der Waals surface area contributed by atoms with Crippen LogP contribution >= 0.6 is 8.58 Å². The number of rotatable bonds is 3. The summed E-state index contributed by atoms with van der Waals surface area (Å²) in [5.74, 6) is 0.369. The van der Waals surface area contributed by atoms with Crippen molar-refractivity contribution in [1.82, 2.24) is 0 Å². The van der Waals surface area contributed by atoms with Crippen molar-refractivity contribution in [2.45, 2.75) is 53.1 Å². The molecular weight excluding hydrogens is 303 g/mol. The fourth-order valence-electron chi connectivity index (χ4n) is 2.59. The predicted molar refractivity (Wildman–Crippen MR) is 101 cm³/mol. The molecule has 0 aliphatic rings. The van der Waals surface area contributed by atoms with Crippen molar-refractivity contribution in [3.8, 4) is 5.75 Å². The lowest BCUT2D eigenvalue weighted by Crippen LogP contribution is -2.17. The number of phenolic OH excluding ortho intramolecular Hbond substituents is 1. The van der Waals surface area contributed by atoms with Gasteiger partial charge in [-0.05, 0) is 54.2 Å². The highest BCUT2D eigenvalue weighted by atomic mass is 31.1. The van der Waals surface area contributed by atoms with Crippen molar-refractivity contribution in [3.63, 3.8) is 0 Å². The molecule has 23 heavy (non-hydrogen) atoms. The normalized spacial score (nSPS) is 13.7. The van der Waals surface area contributed by atoms with E-state index in [0.29, 0.717) is 14.3 Å². The third-order valence-electron chi connectivity index (χ3n) is 4.09. The van der Waals surface area contributed by atoms with Crippen molar-refractivity contribution in [3.05, 3.63) is 52.6 Å². The van der Waals surface area contributed by atoms with Crippen molar-refractivity contribution in [1.29, 1.82) is 0 Å². The number of hydrogen-bond acceptors (Lipinski definition) is 2. The van der Waals surface area contributed by atoms with Crippen molar-refractivity contribution < 1.29 is 10.2 Å². The zero-order valence-electron chi connectivity index (χ0n) is 14.9. The van der Waals surface area contributed by atoms with Crippen LogP contribution < -0.4 is 10.6 Å². The summed E-state index contributed by atoms with van der Waals surface area (Å²) >= 11 is 0. The average Bonchev–Trinajstić information content (AvgIpc) is 2.44. The lowest BCUT2D eigenvalue weighted by Gasteiger charge is -2.22. The first-order valence-electron chi connectivity index (χ1n) is 7.99. The lowest BCUT2D eigenvalue weighted by atomic mass is 9.86. The quantitative estimate of drug-likeness (QED) is 0.836. The van der Waals surface area contributed by atoms with Crippen molar-refractivity contribution >= 4 is 19.2 Å². The van der Waals surface area contributed by atoms with Crippen LogP contribution in [0.1, 0.15) is 56.1 Å². The minimum atomic E-state index is -0.508. The summed E-state index contributed by atoms with van der Waals surface area (Å²) in [6.07, 6.45) is -0.508. The van der Waals surface area contributed by atoms with Gasteiger partial charge in [0.05, 0.1) is 6.10 Å². The van der Waals surface area contributed by atoms with E-state index in [1.54, 1.807) is 6.92 Å². The van der Waals surface area contributed by atoms with E-state index in [-0.39, 0.29) is 5.41 Å². The Hall–Kier alpha value is -1.37. The summed E-state index contributed by atoms with van der Waals surface area (Å²) in [7, 11) is 0.325. The molecule has 2 aromatic carbocycles. The first kappa shape index (κ1) is 18.0. The first-order chi connectivity index (χ1) is 10.6. The molecule has 0 amide bonds. The Balaban J connectivity index is 2.51. The Morgan fingerprint density at radius 3 is 2.22 bits per heavy atom. The Labute approximate surface area is 141 Å². The molecule has 0 fully saturated rings. The molecule has 0 bridgehead atoms. The van der Waals surface area contributed by atoms with Crippen LogP contribution in [0.15, 0.2) is 30.3 Å². The summed E-state index contributed by atoms with van der Waals surface area (Å²) in [6.45, 7) is 12.3. The van der Waals surface area contributed by atoms with Crippen molar-refractivity contribution in [2.24, 2.45) is 0 Å². The molecule has 0 aliphatic heterocycles. The van der Waals surface area contributed by atoms with Crippen LogP contribution in [0.4, 0.5) is 0 Å². The van der Waals surface area contributed by atoms with E-state index in [1.165, 1.54) is 5.56 Å². The largest absolute Gasteiger partial charge is 0.507 e. The van der Waals surface area contributed by atoms with Crippen LogP contribution in [0.3, 0.4) is 0 Å². The molecule has 2 N–H and O–H groups in total. The third-order valence-corrected chi connectivity index (χ3v) is 5.47. The molecule has 0 saturated carbocycles. The second-order valence-corrected chi connectivity index (χ2v) is 8.66. The average molecular weight is 330 g/mol. The van der Waals surface area contributed by atoms with Gasteiger partial charge in [-0.15, -0.1) is 0 Å². The number of aliphatic hydroxyl groups excluding tert-OH is 1. The third kappa shape index (κ3) is 4.13. The van der Waals surface area contributed by atoms with Gasteiger partial charge in [-0.2, -0.15) is 0 Å². The molecule has 0 saturated heterocycles. The number of aromatic hydroxyl groups is 1. The van der Waals surface area contributed by atoms with Gasteiger partial charge in [0.1, 0.15) is 5.75 Å². The van der Waals surface area contributed by atoms with Gasteiger partial charge in [0.2, 0.25) is 0 Å². The maximum Gasteiger partial charge on any atom is 0.126 e. The molecule has 0 aliphatic carbocycles. The van der Waals surface area contributed by atoms with Gasteiger partial charge in [0.15, 0.2) is 0 Å². The summed E-state index contributed by atoms with van der Waals surface area (Å²) in [5.41, 5.74) is 4.25. The van der Waals surface area contributed by atoms with Crippen molar-refractivity contribution in [2.75, 3.05) is 0 Å². The molecule has 2 atom stereocenters. The molecule has 2 unspecified atom stereocenters. The minimum Gasteiger partial charge on any atom is -0.507 e. The molecule has 3 heteroatoms. The van der Waals surface area contributed by atoms with Gasteiger partial charge in [0.25, 0.3) is 0 Å². The monoisotopic (exact) mass is 330 g/mol. The zero-order valence-corrected chi connectivity index (χ0v) is 15.9. The highest BCUT2D eigenvalue weighted by Crippen LogP contribution is 2.30. The summed E-state index contributed by atoms with van der Waals surface area (Å²) < 4.78 is 0. The van der Waals surface area contributed by atoms with E-state index in [0.717, 1.165) is 27.3 Å². The lowest BCUT2D eigenvalue weighted by molar-refractivity contribution is 0.200. The predicted octanol–water partition coefficient (Wildman–Crippen LogP) is 3.99. The number of hydrogen-bond donors (Lipinski definition) is 2. The smallest absolute Gasteiger partial charge is 0.126 e. The summed E-state index contributed by atoms with van der Waals surface area (Å²) in [4.78, 5) is 0. The SMILES string of the molecule is Cc1ccc(Pc2cc(C(C)(C)C)cc(C)c2O)c(C(C)O)c1. The number of aryl methyl sites for hydroxylation is 2. The molecule has 2 nitrogen and oxygen atoms in total. The first-order valence-corrected chi connectivity index (χ1v) is 8.99. The van der Waals surface area contributed by atoms with Crippen LogP contribution in [0.25, 0.3) is 0 Å². The maximum atomic E-state index is 10.5. The van der Waals surface area contributed by atoms with Gasteiger partial charge in [-0.3, -0.25) is 0 Å². The van der Waals surface area contributed by atoms with Gasteiger partial charge in [0, 0.05) is 5.30 Å². The molecule has 124 valence electrons. The molecule has 2 aromatic rings. The Morgan fingerprint density at radius 1 is 1.00 bits per heavy atom. The second-order valence-electron chi connectivity index (χ2n) is 7.33. The highest BCUT2D eigenvalue weighted by molar-refractivity contribution is 7.55. The van der Waals surface area contributed by atoms with Crippen LogP contribution in [0.2, 0.25) is 0 Å². The fourth-order valence-corrected chi connectivity index (χ4v) is 4.02. The van der Waals surface area contributed by atoms with E-state index in [9.17, 15) is 10.2 Å². The molecular formula is C20H27O2P. The van der Waals surface area contributed by atoms with Crippen LogP contribution in [0, 0.1) is 13.8 Å². The fraction of sp³-hybridized carbons (Fsp3) is 0.400. The minimum absolute atomic E-state index is 0.0397. The number of aliphatic hydroxyl groups is 1. The molecule has 0 heterocycles.